The Hall–Kier alpha value is -3.80. The van der Waals surface area contributed by atoms with Crippen molar-refractivity contribution in [3.05, 3.63) is 98.7 Å². The average molecular weight is 402 g/mol. The third-order valence-corrected chi connectivity index (χ3v) is 5.25. The SMILES string of the molecule is COc1cc2c(=O)n(-c3ccccc3)c(=O)n(Cc3ccccc3C)c2cc1OC. The van der Waals surface area contributed by atoms with E-state index in [2.05, 4.69) is 0 Å². The molecule has 6 heteroatoms. The lowest BCUT2D eigenvalue weighted by Crippen LogP contribution is -2.39. The first kappa shape index (κ1) is 19.5. The molecule has 1 heterocycles. The van der Waals surface area contributed by atoms with Crippen LogP contribution in [-0.4, -0.2) is 23.4 Å². The largest absolute Gasteiger partial charge is 0.493 e. The molecule has 30 heavy (non-hydrogen) atoms. The number of fused-ring (bicyclic) bond motifs is 1. The van der Waals surface area contributed by atoms with Crippen molar-refractivity contribution in [3.8, 4) is 17.2 Å². The molecular formula is C24H22N2O4. The first-order valence-electron chi connectivity index (χ1n) is 9.56. The summed E-state index contributed by atoms with van der Waals surface area (Å²) < 4.78 is 13.6. The molecule has 0 unspecified atom stereocenters. The van der Waals surface area contributed by atoms with Crippen molar-refractivity contribution >= 4 is 10.9 Å². The predicted octanol–water partition coefficient (Wildman–Crippen LogP) is 3.53. The summed E-state index contributed by atoms with van der Waals surface area (Å²) in [5.74, 6) is 0.891. The Balaban J connectivity index is 2.11. The van der Waals surface area contributed by atoms with Crippen molar-refractivity contribution in [1.29, 1.82) is 0 Å². The second-order valence-corrected chi connectivity index (χ2v) is 7.00. The van der Waals surface area contributed by atoms with Gasteiger partial charge in [-0.3, -0.25) is 9.36 Å². The molecule has 0 bridgehead atoms. The van der Waals surface area contributed by atoms with Gasteiger partial charge >= 0.3 is 5.69 Å². The quantitative estimate of drug-likeness (QED) is 0.512. The molecule has 0 aliphatic heterocycles. The van der Waals surface area contributed by atoms with Gasteiger partial charge in [-0.25, -0.2) is 9.36 Å². The number of rotatable bonds is 5. The van der Waals surface area contributed by atoms with Crippen LogP contribution >= 0.6 is 0 Å². The van der Waals surface area contributed by atoms with Crippen LogP contribution < -0.4 is 20.7 Å². The molecule has 0 aliphatic rings. The van der Waals surface area contributed by atoms with E-state index in [9.17, 15) is 9.59 Å². The third-order valence-electron chi connectivity index (χ3n) is 5.25. The fourth-order valence-electron chi connectivity index (χ4n) is 3.61. The van der Waals surface area contributed by atoms with Gasteiger partial charge in [0.05, 0.1) is 37.4 Å². The number of aryl methyl sites for hydroxylation is 1. The van der Waals surface area contributed by atoms with Gasteiger partial charge in [0, 0.05) is 6.07 Å². The number of hydrogen-bond donors (Lipinski definition) is 0. The highest BCUT2D eigenvalue weighted by Gasteiger charge is 2.18. The molecule has 0 N–H and O–H groups in total. The van der Waals surface area contributed by atoms with Crippen molar-refractivity contribution < 1.29 is 9.47 Å². The lowest BCUT2D eigenvalue weighted by Gasteiger charge is -2.17. The Kier molecular flexibility index (Phi) is 5.14. The average Bonchev–Trinajstić information content (AvgIpc) is 2.77. The van der Waals surface area contributed by atoms with E-state index in [0.717, 1.165) is 11.1 Å². The molecule has 3 aromatic carbocycles. The number of nitrogens with zero attached hydrogens (tertiary/aromatic N) is 2. The Morgan fingerprint density at radius 3 is 2.13 bits per heavy atom. The standard InChI is InChI=1S/C24H22N2O4/c1-16-9-7-8-10-17(16)15-25-20-14-22(30-3)21(29-2)13-19(20)23(27)26(24(25)28)18-11-5-4-6-12-18/h4-14H,15H2,1-3H3. The van der Waals surface area contributed by atoms with Gasteiger partial charge in [-0.2, -0.15) is 0 Å². The minimum absolute atomic E-state index is 0.324. The molecule has 0 fully saturated rings. The summed E-state index contributed by atoms with van der Waals surface area (Å²) in [5.41, 5.74) is 2.27. The molecule has 1 aromatic heterocycles. The molecule has 0 atom stereocenters. The smallest absolute Gasteiger partial charge is 0.336 e. The van der Waals surface area contributed by atoms with Crippen molar-refractivity contribution in [2.24, 2.45) is 0 Å². The second-order valence-electron chi connectivity index (χ2n) is 7.00. The Bertz CT molecular complexity index is 1340. The fraction of sp³-hybridized carbons (Fsp3) is 0.167. The van der Waals surface area contributed by atoms with Gasteiger partial charge in [0.15, 0.2) is 11.5 Å². The zero-order valence-corrected chi connectivity index (χ0v) is 17.1. The first-order valence-corrected chi connectivity index (χ1v) is 9.56. The fourth-order valence-corrected chi connectivity index (χ4v) is 3.61. The highest BCUT2D eigenvalue weighted by atomic mass is 16.5. The van der Waals surface area contributed by atoms with Gasteiger partial charge in [-0.1, -0.05) is 42.5 Å². The van der Waals surface area contributed by atoms with Crippen LogP contribution in [0.2, 0.25) is 0 Å². The molecule has 0 radical (unpaired) electrons. The van der Waals surface area contributed by atoms with E-state index in [0.29, 0.717) is 34.6 Å². The predicted molar refractivity (Wildman–Crippen MR) is 117 cm³/mol. The van der Waals surface area contributed by atoms with E-state index >= 15 is 0 Å². The van der Waals surface area contributed by atoms with Crippen LogP contribution in [-0.2, 0) is 6.54 Å². The van der Waals surface area contributed by atoms with Crippen LogP contribution in [0.3, 0.4) is 0 Å². The van der Waals surface area contributed by atoms with E-state index in [1.807, 2.05) is 37.3 Å². The number of benzene rings is 3. The molecule has 4 aromatic rings. The number of hydrogen-bond acceptors (Lipinski definition) is 4. The normalized spacial score (nSPS) is 10.9. The van der Waals surface area contributed by atoms with Crippen molar-refractivity contribution in [2.45, 2.75) is 13.5 Å². The maximum absolute atomic E-state index is 13.5. The van der Waals surface area contributed by atoms with Gasteiger partial charge in [-0.05, 0) is 36.2 Å². The molecule has 6 nitrogen and oxygen atoms in total. The van der Waals surface area contributed by atoms with E-state index in [1.54, 1.807) is 41.0 Å². The summed E-state index contributed by atoms with van der Waals surface area (Å²) in [6.45, 7) is 2.32. The maximum atomic E-state index is 13.5. The Labute approximate surface area is 173 Å². The maximum Gasteiger partial charge on any atom is 0.336 e. The van der Waals surface area contributed by atoms with E-state index < -0.39 is 11.2 Å². The summed E-state index contributed by atoms with van der Waals surface area (Å²) in [7, 11) is 3.04. The van der Waals surface area contributed by atoms with Crippen LogP contribution in [0.4, 0.5) is 0 Å². The van der Waals surface area contributed by atoms with Crippen molar-refractivity contribution in [1.82, 2.24) is 9.13 Å². The summed E-state index contributed by atoms with van der Waals surface area (Å²) in [6.07, 6.45) is 0. The molecule has 0 saturated carbocycles. The lowest BCUT2D eigenvalue weighted by atomic mass is 10.1. The first-order chi connectivity index (χ1) is 14.5. The van der Waals surface area contributed by atoms with Crippen molar-refractivity contribution in [3.63, 3.8) is 0 Å². The molecule has 152 valence electrons. The zero-order valence-electron chi connectivity index (χ0n) is 17.1. The zero-order chi connectivity index (χ0) is 21.3. The summed E-state index contributed by atoms with van der Waals surface area (Å²) in [5, 5.41) is 0.379. The topological polar surface area (TPSA) is 62.5 Å². The van der Waals surface area contributed by atoms with Crippen LogP contribution in [0.15, 0.2) is 76.3 Å². The monoisotopic (exact) mass is 402 g/mol. The number of methoxy groups -OCH3 is 2. The van der Waals surface area contributed by atoms with E-state index in [1.165, 1.54) is 18.8 Å². The van der Waals surface area contributed by atoms with Crippen LogP contribution in [0.25, 0.3) is 16.6 Å². The second kappa shape index (κ2) is 7.91. The van der Waals surface area contributed by atoms with Gasteiger partial charge in [-0.15, -0.1) is 0 Å². The molecule has 0 spiro atoms. The molecule has 0 saturated heterocycles. The Morgan fingerprint density at radius 1 is 0.833 bits per heavy atom. The third kappa shape index (κ3) is 3.26. The number of para-hydroxylation sites is 1. The molecule has 0 amide bonds. The molecular weight excluding hydrogens is 380 g/mol. The van der Waals surface area contributed by atoms with Gasteiger partial charge in [0.25, 0.3) is 5.56 Å². The highest BCUT2D eigenvalue weighted by molar-refractivity contribution is 5.82. The minimum Gasteiger partial charge on any atom is -0.493 e. The highest BCUT2D eigenvalue weighted by Crippen LogP contribution is 2.30. The summed E-state index contributed by atoms with van der Waals surface area (Å²) in [4.78, 5) is 26.9. The van der Waals surface area contributed by atoms with E-state index in [4.69, 9.17) is 9.47 Å². The van der Waals surface area contributed by atoms with Gasteiger partial charge in [0.1, 0.15) is 0 Å². The minimum atomic E-state index is -0.408. The molecule has 0 aliphatic carbocycles. The summed E-state index contributed by atoms with van der Waals surface area (Å²) in [6, 6.07) is 20.1. The summed E-state index contributed by atoms with van der Waals surface area (Å²) >= 11 is 0. The van der Waals surface area contributed by atoms with Gasteiger partial charge < -0.3 is 9.47 Å². The van der Waals surface area contributed by atoms with Crippen LogP contribution in [0.5, 0.6) is 11.5 Å². The Morgan fingerprint density at radius 2 is 1.47 bits per heavy atom. The lowest BCUT2D eigenvalue weighted by molar-refractivity contribution is 0.355. The number of ether oxygens (including phenoxy) is 2. The molecule has 4 rings (SSSR count). The van der Waals surface area contributed by atoms with Crippen LogP contribution in [0, 0.1) is 6.92 Å². The van der Waals surface area contributed by atoms with Crippen LogP contribution in [0.1, 0.15) is 11.1 Å². The van der Waals surface area contributed by atoms with E-state index in [-0.39, 0.29) is 0 Å². The number of aromatic nitrogens is 2. The van der Waals surface area contributed by atoms with Crippen molar-refractivity contribution in [2.75, 3.05) is 14.2 Å². The van der Waals surface area contributed by atoms with Gasteiger partial charge in [0.2, 0.25) is 0 Å².